The standard InChI is InChI=1S/C11H15FN2O3/c1-8(6-13-2)7-17-11-4-3-9(14(15)16)5-10(11)12/h3-5,8,13H,6-7H2,1-2H3. The molecule has 0 saturated heterocycles. The number of benzene rings is 1. The van der Waals surface area contributed by atoms with Crippen LogP contribution < -0.4 is 10.1 Å². The largest absolute Gasteiger partial charge is 0.490 e. The maximum absolute atomic E-state index is 13.4. The first-order chi connectivity index (χ1) is 8.04. The molecule has 0 heterocycles. The molecule has 0 fully saturated rings. The van der Waals surface area contributed by atoms with E-state index in [1.807, 2.05) is 14.0 Å². The fraction of sp³-hybridized carbons (Fsp3) is 0.455. The molecule has 0 amide bonds. The third-order valence-electron chi connectivity index (χ3n) is 2.20. The highest BCUT2D eigenvalue weighted by Gasteiger charge is 2.12. The molecule has 1 N–H and O–H groups in total. The lowest BCUT2D eigenvalue weighted by atomic mass is 10.2. The zero-order chi connectivity index (χ0) is 12.8. The van der Waals surface area contributed by atoms with Crippen LogP contribution in [0.4, 0.5) is 10.1 Å². The molecule has 1 atom stereocenters. The van der Waals surface area contributed by atoms with Crippen LogP contribution >= 0.6 is 0 Å². The fourth-order valence-electron chi connectivity index (χ4n) is 1.36. The Bertz CT molecular complexity index is 398. The number of ether oxygens (including phenoxy) is 1. The van der Waals surface area contributed by atoms with Crippen molar-refractivity contribution in [2.45, 2.75) is 6.92 Å². The second-order valence-corrected chi connectivity index (χ2v) is 3.85. The predicted molar refractivity (Wildman–Crippen MR) is 61.6 cm³/mol. The molecular weight excluding hydrogens is 227 g/mol. The van der Waals surface area contributed by atoms with E-state index in [1.165, 1.54) is 12.1 Å². The summed E-state index contributed by atoms with van der Waals surface area (Å²) in [6.07, 6.45) is 0. The lowest BCUT2D eigenvalue weighted by molar-refractivity contribution is -0.385. The minimum Gasteiger partial charge on any atom is -0.490 e. The molecule has 0 aliphatic heterocycles. The van der Waals surface area contributed by atoms with Crippen molar-refractivity contribution in [3.8, 4) is 5.75 Å². The Hall–Kier alpha value is -1.69. The van der Waals surface area contributed by atoms with Gasteiger partial charge in [0.2, 0.25) is 0 Å². The van der Waals surface area contributed by atoms with Crippen molar-refractivity contribution in [3.05, 3.63) is 34.1 Å². The van der Waals surface area contributed by atoms with Crippen LogP contribution in [0.3, 0.4) is 0 Å². The zero-order valence-corrected chi connectivity index (χ0v) is 9.77. The van der Waals surface area contributed by atoms with Gasteiger partial charge in [0.25, 0.3) is 5.69 Å². The Balaban J connectivity index is 2.63. The Morgan fingerprint density at radius 1 is 1.59 bits per heavy atom. The molecule has 0 aromatic heterocycles. The van der Waals surface area contributed by atoms with E-state index in [4.69, 9.17) is 4.74 Å². The van der Waals surface area contributed by atoms with Crippen LogP contribution in [-0.2, 0) is 0 Å². The van der Waals surface area contributed by atoms with Gasteiger partial charge in [-0.15, -0.1) is 0 Å². The Labute approximate surface area is 98.7 Å². The minimum atomic E-state index is -0.712. The second kappa shape index (κ2) is 6.15. The number of hydrogen-bond acceptors (Lipinski definition) is 4. The maximum atomic E-state index is 13.4. The molecule has 94 valence electrons. The molecule has 0 radical (unpaired) electrons. The average molecular weight is 242 g/mol. The van der Waals surface area contributed by atoms with Gasteiger partial charge in [0.1, 0.15) is 0 Å². The highest BCUT2D eigenvalue weighted by molar-refractivity contribution is 5.37. The monoisotopic (exact) mass is 242 g/mol. The second-order valence-electron chi connectivity index (χ2n) is 3.85. The first-order valence-corrected chi connectivity index (χ1v) is 5.26. The highest BCUT2D eigenvalue weighted by atomic mass is 19.1. The summed E-state index contributed by atoms with van der Waals surface area (Å²) in [5.41, 5.74) is -0.280. The molecule has 0 spiro atoms. The minimum absolute atomic E-state index is 0.0403. The summed E-state index contributed by atoms with van der Waals surface area (Å²) in [6, 6.07) is 3.36. The zero-order valence-electron chi connectivity index (χ0n) is 9.77. The predicted octanol–water partition coefficient (Wildman–Crippen LogP) is 1.97. The van der Waals surface area contributed by atoms with E-state index in [2.05, 4.69) is 5.32 Å². The van der Waals surface area contributed by atoms with Gasteiger partial charge in [-0.3, -0.25) is 10.1 Å². The number of non-ortho nitro benzene ring substituents is 1. The van der Waals surface area contributed by atoms with Crippen molar-refractivity contribution in [3.63, 3.8) is 0 Å². The van der Waals surface area contributed by atoms with E-state index < -0.39 is 10.7 Å². The number of nitrogens with zero attached hydrogens (tertiary/aromatic N) is 1. The summed E-state index contributed by atoms with van der Waals surface area (Å²) in [7, 11) is 1.82. The third-order valence-corrected chi connectivity index (χ3v) is 2.20. The molecule has 5 nitrogen and oxygen atoms in total. The smallest absolute Gasteiger partial charge is 0.272 e. The number of nitro benzene ring substituents is 1. The van der Waals surface area contributed by atoms with Crippen LogP contribution in [0.1, 0.15) is 6.92 Å². The van der Waals surface area contributed by atoms with Crippen molar-refractivity contribution in [1.82, 2.24) is 5.32 Å². The summed E-state index contributed by atoms with van der Waals surface area (Å²) in [6.45, 7) is 3.07. The van der Waals surface area contributed by atoms with Gasteiger partial charge in [0, 0.05) is 18.5 Å². The van der Waals surface area contributed by atoms with Crippen LogP contribution in [0.5, 0.6) is 5.75 Å². The average Bonchev–Trinajstić information content (AvgIpc) is 2.27. The molecular formula is C11H15FN2O3. The summed E-state index contributed by atoms with van der Waals surface area (Å²) >= 11 is 0. The topological polar surface area (TPSA) is 64.4 Å². The molecule has 1 unspecified atom stereocenters. The molecule has 17 heavy (non-hydrogen) atoms. The van der Waals surface area contributed by atoms with Gasteiger partial charge < -0.3 is 10.1 Å². The van der Waals surface area contributed by atoms with Gasteiger partial charge in [-0.05, 0) is 13.1 Å². The van der Waals surface area contributed by atoms with Crippen LogP contribution in [0.15, 0.2) is 18.2 Å². The van der Waals surface area contributed by atoms with Crippen LogP contribution in [0.2, 0.25) is 0 Å². The normalized spacial score (nSPS) is 12.2. The maximum Gasteiger partial charge on any atom is 0.272 e. The summed E-state index contributed by atoms with van der Waals surface area (Å²) in [5, 5.41) is 13.4. The van der Waals surface area contributed by atoms with E-state index >= 15 is 0 Å². The van der Waals surface area contributed by atoms with Gasteiger partial charge in [-0.1, -0.05) is 6.92 Å². The van der Waals surface area contributed by atoms with E-state index in [-0.39, 0.29) is 17.4 Å². The number of hydrogen-bond donors (Lipinski definition) is 1. The van der Waals surface area contributed by atoms with E-state index in [0.717, 1.165) is 12.6 Å². The first kappa shape index (κ1) is 13.4. The van der Waals surface area contributed by atoms with Gasteiger partial charge in [0.15, 0.2) is 11.6 Å². The van der Waals surface area contributed by atoms with Crippen molar-refractivity contribution in [2.24, 2.45) is 5.92 Å². The summed E-state index contributed by atoms with van der Waals surface area (Å²) < 4.78 is 18.6. The lowest BCUT2D eigenvalue weighted by Crippen LogP contribution is -2.21. The molecule has 1 aromatic rings. The third kappa shape index (κ3) is 3.99. The van der Waals surface area contributed by atoms with E-state index in [9.17, 15) is 14.5 Å². The lowest BCUT2D eigenvalue weighted by Gasteiger charge is -2.12. The Kier molecular flexibility index (Phi) is 4.84. The molecule has 0 bridgehead atoms. The molecule has 6 heteroatoms. The molecule has 0 aliphatic rings. The first-order valence-electron chi connectivity index (χ1n) is 5.26. The number of nitrogens with one attached hydrogen (secondary N) is 1. The van der Waals surface area contributed by atoms with Crippen LogP contribution in [-0.4, -0.2) is 25.1 Å². The van der Waals surface area contributed by atoms with E-state index in [1.54, 1.807) is 0 Å². The summed E-state index contributed by atoms with van der Waals surface area (Å²) in [4.78, 5) is 9.76. The number of rotatable bonds is 6. The summed E-state index contributed by atoms with van der Waals surface area (Å²) in [5.74, 6) is -0.441. The Morgan fingerprint density at radius 2 is 2.29 bits per heavy atom. The van der Waals surface area contributed by atoms with Crippen molar-refractivity contribution in [1.29, 1.82) is 0 Å². The molecule has 1 aromatic carbocycles. The molecule has 1 rings (SSSR count). The fourth-order valence-corrected chi connectivity index (χ4v) is 1.36. The van der Waals surface area contributed by atoms with Crippen LogP contribution in [0.25, 0.3) is 0 Å². The van der Waals surface area contributed by atoms with Crippen molar-refractivity contribution in [2.75, 3.05) is 20.2 Å². The van der Waals surface area contributed by atoms with Crippen LogP contribution in [0, 0.1) is 21.8 Å². The van der Waals surface area contributed by atoms with Gasteiger partial charge >= 0.3 is 0 Å². The van der Waals surface area contributed by atoms with Gasteiger partial charge in [0.05, 0.1) is 17.6 Å². The van der Waals surface area contributed by atoms with Gasteiger partial charge in [-0.2, -0.15) is 0 Å². The Morgan fingerprint density at radius 3 is 2.82 bits per heavy atom. The van der Waals surface area contributed by atoms with Crippen molar-refractivity contribution >= 4 is 5.69 Å². The SMILES string of the molecule is CNCC(C)COc1ccc([N+](=O)[O-])cc1F. The van der Waals surface area contributed by atoms with Gasteiger partial charge in [-0.25, -0.2) is 4.39 Å². The molecule has 0 saturated carbocycles. The van der Waals surface area contributed by atoms with E-state index in [0.29, 0.717) is 6.61 Å². The van der Waals surface area contributed by atoms with Crippen molar-refractivity contribution < 1.29 is 14.1 Å². The number of nitro groups is 1. The highest BCUT2D eigenvalue weighted by Crippen LogP contribution is 2.22. The molecule has 0 aliphatic carbocycles. The number of halogens is 1. The quantitative estimate of drug-likeness (QED) is 0.612.